The van der Waals surface area contributed by atoms with Gasteiger partial charge in [0.15, 0.2) is 0 Å². The summed E-state index contributed by atoms with van der Waals surface area (Å²) in [6, 6.07) is 3.05. The molecule has 5 heteroatoms. The van der Waals surface area contributed by atoms with Crippen LogP contribution in [0, 0.1) is 5.92 Å². The Hall–Kier alpha value is -1.91. The minimum atomic E-state index is -1.04. The quantitative estimate of drug-likeness (QED) is 0.853. The van der Waals surface area contributed by atoms with Gasteiger partial charge in [-0.15, -0.1) is 0 Å². The lowest BCUT2D eigenvalue weighted by molar-refractivity contribution is 0.0695. The minimum absolute atomic E-state index is 0.0843. The van der Waals surface area contributed by atoms with Crippen molar-refractivity contribution in [3.63, 3.8) is 0 Å². The van der Waals surface area contributed by atoms with Crippen molar-refractivity contribution in [3.8, 4) is 0 Å². The lowest BCUT2D eigenvalue weighted by Crippen LogP contribution is -2.33. The number of aromatic carboxylic acids is 1. The summed E-state index contributed by atoms with van der Waals surface area (Å²) in [5, 5.41) is 11.7. The third-order valence-corrected chi connectivity index (χ3v) is 3.27. The molecule has 2 rings (SSSR count). The predicted octanol–water partition coefficient (Wildman–Crippen LogP) is 1.70. The van der Waals surface area contributed by atoms with Crippen LogP contribution in [0.5, 0.6) is 0 Å². The summed E-state index contributed by atoms with van der Waals surface area (Å²) in [6.45, 7) is 2.17. The average Bonchev–Trinajstić information content (AvgIpc) is 2.75. The van der Waals surface area contributed by atoms with Crippen LogP contribution in [0.2, 0.25) is 0 Å². The zero-order valence-electron chi connectivity index (χ0n) is 10.2. The number of rotatable bonds is 3. The number of carboxylic acid groups (broad SMARTS) is 1. The lowest BCUT2D eigenvalue weighted by Gasteiger charge is -2.11. The Balaban J connectivity index is 1.98. The number of carbonyl (C=O) groups excluding carboxylic acids is 1. The van der Waals surface area contributed by atoms with Gasteiger partial charge in [0.05, 0.1) is 5.56 Å². The molecule has 1 amide bonds. The van der Waals surface area contributed by atoms with Crippen LogP contribution in [0.1, 0.15) is 47.0 Å². The van der Waals surface area contributed by atoms with E-state index in [9.17, 15) is 9.59 Å². The maximum absolute atomic E-state index is 11.9. The summed E-state index contributed by atoms with van der Waals surface area (Å²) in [4.78, 5) is 26.4. The number of hydrogen-bond donors (Lipinski definition) is 2. The van der Waals surface area contributed by atoms with Crippen molar-refractivity contribution in [2.24, 2.45) is 5.92 Å². The number of hydrogen-bond acceptors (Lipinski definition) is 3. The molecule has 5 nitrogen and oxygen atoms in total. The average molecular weight is 248 g/mol. The Bertz CT molecular complexity index is 456. The molecule has 2 unspecified atom stereocenters. The van der Waals surface area contributed by atoms with Crippen LogP contribution in [0.4, 0.5) is 0 Å². The van der Waals surface area contributed by atoms with E-state index >= 15 is 0 Å². The van der Waals surface area contributed by atoms with Gasteiger partial charge in [-0.05, 0) is 37.3 Å². The van der Waals surface area contributed by atoms with Crippen LogP contribution < -0.4 is 5.32 Å². The van der Waals surface area contributed by atoms with E-state index in [0.717, 1.165) is 19.3 Å². The van der Waals surface area contributed by atoms with Gasteiger partial charge in [-0.25, -0.2) is 4.79 Å². The van der Waals surface area contributed by atoms with Crippen LogP contribution in [0.3, 0.4) is 0 Å². The Labute approximate surface area is 105 Å². The van der Waals surface area contributed by atoms with Crippen LogP contribution in [-0.4, -0.2) is 28.0 Å². The summed E-state index contributed by atoms with van der Waals surface area (Å²) in [7, 11) is 0. The van der Waals surface area contributed by atoms with E-state index in [1.807, 2.05) is 0 Å². The Kier molecular flexibility index (Phi) is 3.60. The summed E-state index contributed by atoms with van der Waals surface area (Å²) in [6.07, 6.45) is 4.34. The first-order chi connectivity index (χ1) is 8.56. The van der Waals surface area contributed by atoms with Crippen LogP contribution in [0.15, 0.2) is 18.3 Å². The van der Waals surface area contributed by atoms with Gasteiger partial charge in [0.2, 0.25) is 0 Å². The zero-order chi connectivity index (χ0) is 13.1. The molecule has 96 valence electrons. The zero-order valence-corrected chi connectivity index (χ0v) is 10.2. The van der Waals surface area contributed by atoms with Gasteiger partial charge in [0.1, 0.15) is 5.69 Å². The molecule has 1 saturated carbocycles. The molecule has 0 aliphatic heterocycles. The van der Waals surface area contributed by atoms with Crippen molar-refractivity contribution < 1.29 is 14.7 Å². The summed E-state index contributed by atoms with van der Waals surface area (Å²) >= 11 is 0. The van der Waals surface area contributed by atoms with Crippen molar-refractivity contribution in [2.75, 3.05) is 0 Å². The summed E-state index contributed by atoms with van der Waals surface area (Å²) in [5.74, 6) is -0.622. The smallest absolute Gasteiger partial charge is 0.337 e. The molecular weight excluding hydrogens is 232 g/mol. The molecule has 0 bridgehead atoms. The molecule has 1 heterocycles. The molecular formula is C13H16N2O3. The minimum Gasteiger partial charge on any atom is -0.478 e. The number of pyridine rings is 1. The summed E-state index contributed by atoms with van der Waals surface area (Å²) in [5.41, 5.74) is 0.348. The first-order valence-corrected chi connectivity index (χ1v) is 6.06. The predicted molar refractivity (Wildman–Crippen MR) is 65.5 cm³/mol. The number of carbonyl (C=O) groups is 2. The fourth-order valence-electron chi connectivity index (χ4n) is 2.25. The van der Waals surface area contributed by atoms with Crippen molar-refractivity contribution in [2.45, 2.75) is 32.2 Å². The lowest BCUT2D eigenvalue weighted by atomic mass is 10.1. The number of amides is 1. The molecule has 1 aromatic heterocycles. The molecule has 18 heavy (non-hydrogen) atoms. The van der Waals surface area contributed by atoms with Crippen LogP contribution in [0.25, 0.3) is 0 Å². The van der Waals surface area contributed by atoms with E-state index in [2.05, 4.69) is 17.2 Å². The largest absolute Gasteiger partial charge is 0.478 e. The molecule has 0 saturated heterocycles. The van der Waals surface area contributed by atoms with Crippen molar-refractivity contribution in [1.29, 1.82) is 0 Å². The van der Waals surface area contributed by atoms with Crippen LogP contribution >= 0.6 is 0 Å². The molecule has 2 atom stereocenters. The number of aromatic nitrogens is 1. The van der Waals surface area contributed by atoms with E-state index in [0.29, 0.717) is 5.92 Å². The molecule has 1 aliphatic rings. The fraction of sp³-hybridized carbons (Fsp3) is 0.462. The van der Waals surface area contributed by atoms with Gasteiger partial charge in [0.25, 0.3) is 5.91 Å². The van der Waals surface area contributed by atoms with E-state index in [-0.39, 0.29) is 23.2 Å². The molecule has 0 spiro atoms. The second-order valence-electron chi connectivity index (χ2n) is 4.83. The van der Waals surface area contributed by atoms with Crippen molar-refractivity contribution in [3.05, 3.63) is 29.6 Å². The molecule has 1 aliphatic carbocycles. The van der Waals surface area contributed by atoms with Crippen LogP contribution in [-0.2, 0) is 0 Å². The van der Waals surface area contributed by atoms with E-state index in [1.54, 1.807) is 0 Å². The van der Waals surface area contributed by atoms with E-state index < -0.39 is 5.97 Å². The Morgan fingerprint density at radius 3 is 2.67 bits per heavy atom. The maximum Gasteiger partial charge on any atom is 0.337 e. The molecule has 2 N–H and O–H groups in total. The molecule has 0 radical (unpaired) electrons. The second-order valence-corrected chi connectivity index (χ2v) is 4.83. The van der Waals surface area contributed by atoms with E-state index in [1.165, 1.54) is 18.3 Å². The number of nitrogens with zero attached hydrogens (tertiary/aromatic N) is 1. The highest BCUT2D eigenvalue weighted by atomic mass is 16.4. The number of carboxylic acids is 1. The van der Waals surface area contributed by atoms with Crippen molar-refractivity contribution in [1.82, 2.24) is 10.3 Å². The molecule has 1 fully saturated rings. The Morgan fingerprint density at radius 1 is 1.39 bits per heavy atom. The summed E-state index contributed by atoms with van der Waals surface area (Å²) < 4.78 is 0. The third kappa shape index (κ3) is 2.85. The maximum atomic E-state index is 11.9. The number of nitrogens with one attached hydrogen (secondary N) is 1. The first-order valence-electron chi connectivity index (χ1n) is 6.06. The highest BCUT2D eigenvalue weighted by molar-refractivity contribution is 5.93. The normalized spacial score (nSPS) is 22.7. The molecule has 0 aromatic carbocycles. The highest BCUT2D eigenvalue weighted by Gasteiger charge is 2.23. The standard InChI is InChI=1S/C13H16N2O3/c1-8-2-4-10(6-8)15-12(16)11-5-3-9(7-14-11)13(17)18/h3,5,7-8,10H,2,4,6H2,1H3,(H,15,16)(H,17,18). The van der Waals surface area contributed by atoms with Gasteiger partial charge in [-0.1, -0.05) is 6.92 Å². The first kappa shape index (κ1) is 12.5. The SMILES string of the molecule is CC1CCC(NC(=O)c2ccc(C(=O)O)cn2)C1. The van der Waals surface area contributed by atoms with E-state index in [4.69, 9.17) is 5.11 Å². The van der Waals surface area contributed by atoms with Gasteiger partial charge in [-0.3, -0.25) is 9.78 Å². The third-order valence-electron chi connectivity index (χ3n) is 3.27. The van der Waals surface area contributed by atoms with Gasteiger partial charge in [0, 0.05) is 12.2 Å². The second kappa shape index (κ2) is 5.16. The monoisotopic (exact) mass is 248 g/mol. The van der Waals surface area contributed by atoms with Crippen molar-refractivity contribution >= 4 is 11.9 Å². The molecule has 1 aromatic rings. The highest BCUT2D eigenvalue weighted by Crippen LogP contribution is 2.24. The topological polar surface area (TPSA) is 79.3 Å². The fourth-order valence-corrected chi connectivity index (χ4v) is 2.25. The van der Waals surface area contributed by atoms with Gasteiger partial charge >= 0.3 is 5.97 Å². The van der Waals surface area contributed by atoms with Gasteiger partial charge in [-0.2, -0.15) is 0 Å². The van der Waals surface area contributed by atoms with Gasteiger partial charge < -0.3 is 10.4 Å². The Morgan fingerprint density at radius 2 is 2.17 bits per heavy atom.